The molecule has 0 N–H and O–H groups in total. The van der Waals surface area contributed by atoms with Gasteiger partial charge in [0.2, 0.25) is 0 Å². The molecule has 4 aliphatic rings. The number of anilines is 8. The van der Waals surface area contributed by atoms with Crippen molar-refractivity contribution in [3.8, 4) is 66.8 Å². The topological polar surface area (TPSA) is 13.0 Å². The Bertz CT molecular complexity index is 6260. The number of rotatable bonds is 10. The minimum Gasteiger partial charge on any atom is -0.335 e. The van der Waals surface area contributed by atoms with Gasteiger partial charge in [-0.25, -0.2) is 0 Å². The molecule has 0 spiro atoms. The summed E-state index contributed by atoms with van der Waals surface area (Å²) in [6, 6.07) is 111. The third-order valence-electron chi connectivity index (χ3n) is 26.5. The maximum Gasteiger partial charge on any atom is 0.0528 e. The van der Waals surface area contributed by atoms with Crippen molar-refractivity contribution in [1.29, 1.82) is 0 Å². The van der Waals surface area contributed by atoms with Crippen molar-refractivity contribution in [3.05, 3.63) is 381 Å². The van der Waals surface area contributed by atoms with Gasteiger partial charge in [-0.3, -0.25) is 0 Å². The van der Waals surface area contributed by atoms with E-state index in [2.05, 4.69) is 503 Å². The number of aryl methyl sites for hydroxylation is 5. The van der Waals surface area contributed by atoms with E-state index in [0.29, 0.717) is 0 Å². The summed E-state index contributed by atoms with van der Waals surface area (Å²) < 4.78 is 0. The Hall–Kier alpha value is -11.7. The summed E-state index contributed by atoms with van der Waals surface area (Å²) in [7, 11) is 0. The van der Waals surface area contributed by atoms with Crippen LogP contribution < -0.4 is 19.6 Å². The van der Waals surface area contributed by atoms with E-state index in [4.69, 9.17) is 0 Å². The largest absolute Gasteiger partial charge is 0.335 e. The van der Waals surface area contributed by atoms with E-state index in [1.54, 1.807) is 0 Å². The normalized spacial score (nSPS) is 14.2. The molecule has 14 aromatic rings. The third-order valence-corrected chi connectivity index (χ3v) is 26.5. The lowest BCUT2D eigenvalue weighted by Gasteiger charge is -2.41. The minimum absolute atomic E-state index is 0.0150. The zero-order chi connectivity index (χ0) is 87.3. The van der Waals surface area contributed by atoms with E-state index in [-0.39, 0.29) is 43.8 Å². The first-order valence-corrected chi connectivity index (χ1v) is 44.3. The average molecular weight is 1600 g/mol. The summed E-state index contributed by atoms with van der Waals surface area (Å²) in [5.41, 5.74) is 45.4. The van der Waals surface area contributed by atoms with Gasteiger partial charge in [0.1, 0.15) is 0 Å². The molecule has 0 fully saturated rings. The molecule has 14 aromatic carbocycles. The van der Waals surface area contributed by atoms with Crippen molar-refractivity contribution in [2.45, 2.75) is 224 Å². The van der Waals surface area contributed by atoms with Crippen LogP contribution in [0.2, 0.25) is 0 Å². The van der Waals surface area contributed by atoms with Gasteiger partial charge in [0.25, 0.3) is 0 Å². The fourth-order valence-electron chi connectivity index (χ4n) is 20.7. The highest BCUT2D eigenvalue weighted by Crippen LogP contribution is 2.61. The lowest BCUT2D eigenvalue weighted by Crippen LogP contribution is -2.39. The Kier molecular flexibility index (Phi) is 22.3. The van der Waals surface area contributed by atoms with Crippen LogP contribution in [0.15, 0.2) is 303 Å². The first kappa shape index (κ1) is 85.3. The first-order valence-electron chi connectivity index (χ1n) is 44.3. The van der Waals surface area contributed by atoms with Crippen LogP contribution >= 0.6 is 0 Å². The fraction of sp³-hybridized carbons (Fsp3) is 0.288. The smallest absolute Gasteiger partial charge is 0.0528 e. The minimum atomic E-state index is -0.119. The summed E-state index contributed by atoms with van der Waals surface area (Å²) in [6.07, 6.45) is 0. The number of fused-ring (bicyclic) bond motifs is 12. The summed E-state index contributed by atoms with van der Waals surface area (Å²) >= 11 is 0. The Morgan fingerprint density at radius 1 is 0.189 bits per heavy atom. The standard InChI is InChI=1S/C33H35N.C32H33N.C27H31N.C26H29N/c1-22-20-21-28-30(26-16-11-12-18-27(26)33(28,6)7)31(22)34(32(3,4)5)29-19-13-17-25(23(29)2)24-14-9-8-10-15-24;1-22-20-21-27-29(25-17-10-12-18-26(25)32(27,5)6)30(22)33(31(2,3)4)28-19-13-11-16-24(28)23-14-8-7-9-15-23;1-18-12-8-11-15-23(18)28(26(3,4)5)25-19(2)16-17-22-24(25)20-13-9-10-14-21(20)27(22,6)7;1-18-16-17-22-23(20-14-10-11-15-21(20)26(22,5)6)24(18)27(25(2,3)4)19-12-8-7-9-13-19/h8-21H,1-7H3;7-21H,1-6H3;8-17H,1-7H3;7-17H,1-6H3. The second kappa shape index (κ2) is 31.9. The number of para-hydroxylation sites is 3. The first-order chi connectivity index (χ1) is 57.7. The molecule has 0 saturated heterocycles. The number of benzene rings is 14. The van der Waals surface area contributed by atoms with Crippen molar-refractivity contribution in [2.24, 2.45) is 0 Å². The fourth-order valence-corrected chi connectivity index (χ4v) is 20.7. The Labute approximate surface area is 732 Å². The second-order valence-corrected chi connectivity index (χ2v) is 40.6. The average Bonchev–Trinajstić information content (AvgIpc) is 1.57. The highest BCUT2D eigenvalue weighted by Gasteiger charge is 2.45. The zero-order valence-corrected chi connectivity index (χ0v) is 77.7. The monoisotopic (exact) mass is 1600 g/mol. The predicted molar refractivity (Wildman–Crippen MR) is 529 cm³/mol. The molecule has 0 atom stereocenters. The molecule has 122 heavy (non-hydrogen) atoms. The number of hydrogen-bond donors (Lipinski definition) is 0. The lowest BCUT2D eigenvalue weighted by atomic mass is 9.82. The molecule has 0 aromatic heterocycles. The molecule has 4 heteroatoms. The quantitative estimate of drug-likeness (QED) is 0.135. The van der Waals surface area contributed by atoms with Crippen LogP contribution in [0.4, 0.5) is 45.5 Å². The molecule has 620 valence electrons. The summed E-state index contributed by atoms with van der Waals surface area (Å²) in [4.78, 5) is 10.2. The van der Waals surface area contributed by atoms with Crippen LogP contribution in [0.25, 0.3) is 66.8 Å². The van der Waals surface area contributed by atoms with Gasteiger partial charge in [-0.15, -0.1) is 0 Å². The molecular formula is C118H128N4. The van der Waals surface area contributed by atoms with E-state index < -0.39 is 0 Å². The highest BCUT2D eigenvalue weighted by atomic mass is 15.2. The van der Waals surface area contributed by atoms with Gasteiger partial charge < -0.3 is 19.6 Å². The van der Waals surface area contributed by atoms with Gasteiger partial charge in [-0.1, -0.05) is 328 Å². The summed E-state index contributed by atoms with van der Waals surface area (Å²) in [5, 5.41) is 0. The van der Waals surface area contributed by atoms with Crippen LogP contribution in [0, 0.1) is 41.5 Å². The molecule has 0 bridgehead atoms. The van der Waals surface area contributed by atoms with Gasteiger partial charge in [0.15, 0.2) is 0 Å². The van der Waals surface area contributed by atoms with Crippen molar-refractivity contribution in [1.82, 2.24) is 0 Å². The summed E-state index contributed by atoms with van der Waals surface area (Å²) in [6.45, 7) is 60.1. The van der Waals surface area contributed by atoms with Crippen LogP contribution in [-0.4, -0.2) is 22.2 Å². The van der Waals surface area contributed by atoms with Crippen LogP contribution in [0.1, 0.15) is 216 Å². The zero-order valence-electron chi connectivity index (χ0n) is 77.7. The van der Waals surface area contributed by atoms with E-state index in [9.17, 15) is 0 Å². The molecule has 18 rings (SSSR count). The number of nitrogens with zero attached hydrogens (tertiary/aromatic N) is 4. The molecular weight excluding hydrogens is 1470 g/mol. The van der Waals surface area contributed by atoms with E-state index in [1.165, 1.54) is 190 Å². The Morgan fingerprint density at radius 3 is 0.770 bits per heavy atom. The van der Waals surface area contributed by atoms with Crippen LogP contribution in [0.3, 0.4) is 0 Å². The van der Waals surface area contributed by atoms with E-state index >= 15 is 0 Å². The van der Waals surface area contributed by atoms with Gasteiger partial charge in [0.05, 0.1) is 22.7 Å². The molecule has 0 radical (unpaired) electrons. The van der Waals surface area contributed by atoms with Crippen LogP contribution in [-0.2, 0) is 21.7 Å². The molecule has 0 amide bonds. The molecule has 0 heterocycles. The van der Waals surface area contributed by atoms with Crippen molar-refractivity contribution < 1.29 is 0 Å². The second-order valence-electron chi connectivity index (χ2n) is 40.6. The Balaban J connectivity index is 0.000000127. The van der Waals surface area contributed by atoms with Gasteiger partial charge in [0, 0.05) is 94.4 Å². The van der Waals surface area contributed by atoms with Crippen molar-refractivity contribution in [3.63, 3.8) is 0 Å². The van der Waals surface area contributed by atoms with Gasteiger partial charge in [-0.05, 0) is 272 Å². The maximum absolute atomic E-state index is 2.58. The lowest BCUT2D eigenvalue weighted by molar-refractivity contribution is 0.558. The maximum atomic E-state index is 2.58. The molecule has 0 aliphatic heterocycles. The SMILES string of the molecule is Cc1ccc2c(c1N(c1cccc(-c3ccccc3)c1C)C(C)(C)C)-c1ccccc1C2(C)C.Cc1ccc2c(c1N(c1ccccc1)C(C)(C)C)-c1ccccc1C2(C)C.Cc1ccc2c(c1N(c1ccccc1-c1ccccc1)C(C)(C)C)-c1ccccc1C2(C)C.Cc1ccccc1N(c1c(C)ccc2c1-c1ccccc1C2(C)C)C(C)(C)C. The van der Waals surface area contributed by atoms with Crippen molar-refractivity contribution in [2.75, 3.05) is 19.6 Å². The van der Waals surface area contributed by atoms with E-state index in [0.717, 1.165) is 0 Å². The van der Waals surface area contributed by atoms with Crippen LogP contribution in [0.5, 0.6) is 0 Å². The number of hydrogen-bond acceptors (Lipinski definition) is 4. The van der Waals surface area contributed by atoms with Gasteiger partial charge >= 0.3 is 0 Å². The molecule has 0 saturated carbocycles. The molecule has 4 aliphatic carbocycles. The third kappa shape index (κ3) is 15.0. The highest BCUT2D eigenvalue weighted by molar-refractivity contribution is 6.00. The Morgan fingerprint density at radius 2 is 0.434 bits per heavy atom. The van der Waals surface area contributed by atoms with Gasteiger partial charge in [-0.2, -0.15) is 0 Å². The predicted octanol–water partition coefficient (Wildman–Crippen LogP) is 32.9. The molecule has 0 unspecified atom stereocenters. The van der Waals surface area contributed by atoms with Crippen molar-refractivity contribution >= 4 is 45.5 Å². The summed E-state index contributed by atoms with van der Waals surface area (Å²) in [5.74, 6) is 0. The van der Waals surface area contributed by atoms with E-state index in [1.807, 2.05) is 0 Å². The molecule has 4 nitrogen and oxygen atoms in total.